The van der Waals surface area contributed by atoms with E-state index in [2.05, 4.69) is 10.5 Å². The highest BCUT2D eigenvalue weighted by Gasteiger charge is 2.41. The number of aromatic amines is 1. The highest BCUT2D eigenvalue weighted by Crippen LogP contribution is 2.34. The number of aromatic nitrogens is 2. The lowest BCUT2D eigenvalue weighted by molar-refractivity contribution is -0.143. The van der Waals surface area contributed by atoms with Gasteiger partial charge in [-0.05, 0) is 25.1 Å². The quantitative estimate of drug-likeness (QED) is 0.700. The van der Waals surface area contributed by atoms with Gasteiger partial charge in [-0.1, -0.05) is 23.2 Å². The number of hydrogen-bond acceptors (Lipinski definition) is 4. The number of rotatable bonds is 4. The molecule has 0 aliphatic carbocycles. The molecule has 0 unspecified atom stereocenters. The van der Waals surface area contributed by atoms with Gasteiger partial charge in [0, 0.05) is 5.02 Å². The molecule has 1 heterocycles. The maximum atomic E-state index is 12.8. The fourth-order valence-electron chi connectivity index (χ4n) is 1.70. The smallest absolute Gasteiger partial charge is 0.306 e. The molecule has 0 atom stereocenters. The minimum atomic E-state index is -4.92. The van der Waals surface area contributed by atoms with E-state index in [-0.39, 0.29) is 16.4 Å². The summed E-state index contributed by atoms with van der Waals surface area (Å²) in [6.07, 6.45) is -4.92. The summed E-state index contributed by atoms with van der Waals surface area (Å²) in [5.41, 5.74) is 0.565. The van der Waals surface area contributed by atoms with Crippen LogP contribution in [0.5, 0.6) is 0 Å². The van der Waals surface area contributed by atoms with Gasteiger partial charge in [0.15, 0.2) is 5.69 Å². The van der Waals surface area contributed by atoms with E-state index in [1.54, 1.807) is 0 Å². The van der Waals surface area contributed by atoms with E-state index in [0.29, 0.717) is 5.02 Å². The zero-order chi connectivity index (χ0) is 17.4. The molecule has 3 N–H and O–H groups in total. The lowest BCUT2D eigenvalue weighted by atomic mass is 10.3. The molecule has 2 rings (SSSR count). The minimum absolute atomic E-state index is 0.0835. The molecule has 0 radical (unpaired) electrons. The first-order valence-corrected chi connectivity index (χ1v) is 8.11. The summed E-state index contributed by atoms with van der Waals surface area (Å²) in [6.45, 7) is 1.16. The van der Waals surface area contributed by atoms with Crippen LogP contribution in [0.3, 0.4) is 0 Å². The molecule has 126 valence electrons. The zero-order valence-electron chi connectivity index (χ0n) is 11.3. The summed E-state index contributed by atoms with van der Waals surface area (Å²) in [5, 5.41) is 5.40. The maximum Gasteiger partial charge on any atom is 0.436 e. The highest BCUT2D eigenvalue weighted by molar-refractivity contribution is 7.89. The summed E-state index contributed by atoms with van der Waals surface area (Å²) in [4.78, 5) is 0.828. The van der Waals surface area contributed by atoms with Crippen LogP contribution in [0.1, 0.15) is 11.4 Å². The van der Waals surface area contributed by atoms with Crippen molar-refractivity contribution < 1.29 is 21.6 Å². The van der Waals surface area contributed by atoms with E-state index < -0.39 is 26.8 Å². The van der Waals surface area contributed by atoms with Crippen molar-refractivity contribution in [3.8, 4) is 0 Å². The third-order valence-electron chi connectivity index (χ3n) is 2.68. The van der Waals surface area contributed by atoms with Gasteiger partial charge < -0.3 is 5.43 Å². The Kier molecular flexibility index (Phi) is 4.81. The van der Waals surface area contributed by atoms with Gasteiger partial charge in [0.1, 0.15) is 4.90 Å². The minimum Gasteiger partial charge on any atom is -0.306 e. The van der Waals surface area contributed by atoms with Gasteiger partial charge in [0.05, 0.1) is 16.4 Å². The average Bonchev–Trinajstić information content (AvgIpc) is 2.80. The Hall–Kier alpha value is -1.49. The van der Waals surface area contributed by atoms with Gasteiger partial charge >= 0.3 is 6.18 Å². The number of H-pyrrole nitrogens is 1. The summed E-state index contributed by atoms with van der Waals surface area (Å²) in [6, 6.07) is 4.12. The number of hydrazine groups is 1. The molecule has 0 aliphatic heterocycles. The second-order valence-electron chi connectivity index (χ2n) is 4.38. The van der Waals surface area contributed by atoms with Gasteiger partial charge in [-0.15, -0.1) is 4.83 Å². The molecule has 0 fully saturated rings. The Labute approximate surface area is 139 Å². The molecule has 12 heteroatoms. The summed E-state index contributed by atoms with van der Waals surface area (Å²) >= 11 is 11.5. The van der Waals surface area contributed by atoms with Crippen LogP contribution >= 0.6 is 23.2 Å². The Morgan fingerprint density at radius 3 is 2.48 bits per heavy atom. The normalized spacial score (nSPS) is 12.4. The molecule has 0 spiro atoms. The van der Waals surface area contributed by atoms with Crippen LogP contribution in [0.25, 0.3) is 0 Å². The largest absolute Gasteiger partial charge is 0.436 e. The Morgan fingerprint density at radius 2 is 1.91 bits per heavy atom. The molecule has 23 heavy (non-hydrogen) atoms. The van der Waals surface area contributed by atoms with E-state index in [4.69, 9.17) is 23.2 Å². The Bertz CT molecular complexity index is 836. The van der Waals surface area contributed by atoms with E-state index in [1.165, 1.54) is 18.2 Å². The van der Waals surface area contributed by atoms with Crippen molar-refractivity contribution in [3.05, 3.63) is 39.6 Å². The molecule has 1 aromatic carbocycles. The topological polar surface area (TPSA) is 86.9 Å². The molecule has 0 saturated carbocycles. The van der Waals surface area contributed by atoms with Crippen molar-refractivity contribution in [2.24, 2.45) is 0 Å². The molecule has 0 amide bonds. The molecule has 0 bridgehead atoms. The number of aryl methyl sites for hydroxylation is 1. The van der Waals surface area contributed by atoms with Crippen LogP contribution in [-0.2, 0) is 16.2 Å². The standard InChI is InChI=1S/C11H9Cl2F3N4O2S/c1-5-9(10(19-17-5)11(14,15)16)23(21,22)20-18-8-3-2-6(12)4-7(8)13/h2-4,18,20H,1H3,(H,17,19). The van der Waals surface area contributed by atoms with Crippen molar-refractivity contribution >= 4 is 38.9 Å². The number of anilines is 1. The Balaban J connectivity index is 2.32. The number of nitrogens with one attached hydrogen (secondary N) is 3. The summed E-state index contributed by atoms with van der Waals surface area (Å²) < 4.78 is 62.8. The zero-order valence-corrected chi connectivity index (χ0v) is 13.6. The predicted octanol–water partition coefficient (Wildman–Crippen LogP) is 3.35. The lowest BCUT2D eigenvalue weighted by Crippen LogP contribution is -2.31. The molecule has 2 aromatic rings. The third kappa shape index (κ3) is 3.89. The first-order chi connectivity index (χ1) is 10.5. The second kappa shape index (κ2) is 6.19. The fourth-order valence-corrected chi connectivity index (χ4v) is 3.37. The number of nitrogens with zero attached hydrogens (tertiary/aromatic N) is 1. The van der Waals surface area contributed by atoms with Crippen molar-refractivity contribution in [2.45, 2.75) is 18.0 Å². The van der Waals surface area contributed by atoms with E-state index in [1.807, 2.05) is 9.93 Å². The number of sulfonamides is 1. The molecular weight excluding hydrogens is 380 g/mol. The summed E-state index contributed by atoms with van der Waals surface area (Å²) in [7, 11) is -4.55. The van der Waals surface area contributed by atoms with Gasteiger partial charge in [0.25, 0.3) is 10.0 Å². The van der Waals surface area contributed by atoms with Gasteiger partial charge in [-0.3, -0.25) is 5.10 Å². The van der Waals surface area contributed by atoms with Crippen molar-refractivity contribution in [2.75, 3.05) is 5.43 Å². The van der Waals surface area contributed by atoms with Crippen molar-refractivity contribution in [1.82, 2.24) is 15.0 Å². The van der Waals surface area contributed by atoms with E-state index in [0.717, 1.165) is 6.92 Å². The van der Waals surface area contributed by atoms with Gasteiger partial charge in [0.2, 0.25) is 0 Å². The lowest BCUT2D eigenvalue weighted by Gasteiger charge is -2.12. The molecule has 0 saturated heterocycles. The van der Waals surface area contributed by atoms with Crippen LogP contribution in [-0.4, -0.2) is 18.6 Å². The van der Waals surface area contributed by atoms with Crippen LogP contribution in [0.2, 0.25) is 10.0 Å². The molecule has 6 nitrogen and oxygen atoms in total. The fraction of sp³-hybridized carbons (Fsp3) is 0.182. The number of halogens is 5. The number of hydrogen-bond donors (Lipinski definition) is 3. The molecular formula is C11H9Cl2F3N4O2S. The van der Waals surface area contributed by atoms with Crippen LogP contribution in [0.15, 0.2) is 23.1 Å². The summed E-state index contributed by atoms with van der Waals surface area (Å²) in [5.74, 6) is 0. The van der Waals surface area contributed by atoms with Crippen molar-refractivity contribution in [3.63, 3.8) is 0 Å². The predicted molar refractivity (Wildman–Crippen MR) is 78.7 cm³/mol. The SMILES string of the molecule is Cc1[nH]nc(C(F)(F)F)c1S(=O)(=O)NNc1ccc(Cl)cc1Cl. The number of alkyl halides is 3. The van der Waals surface area contributed by atoms with Gasteiger partial charge in [-0.2, -0.15) is 18.3 Å². The highest BCUT2D eigenvalue weighted by atomic mass is 35.5. The number of benzene rings is 1. The average molecular weight is 389 g/mol. The first kappa shape index (κ1) is 17.9. The monoisotopic (exact) mass is 388 g/mol. The van der Waals surface area contributed by atoms with Crippen LogP contribution in [0.4, 0.5) is 18.9 Å². The Morgan fingerprint density at radius 1 is 1.26 bits per heavy atom. The van der Waals surface area contributed by atoms with Crippen LogP contribution in [0, 0.1) is 6.92 Å². The van der Waals surface area contributed by atoms with E-state index in [9.17, 15) is 21.6 Å². The second-order valence-corrected chi connectivity index (χ2v) is 6.84. The van der Waals surface area contributed by atoms with E-state index >= 15 is 0 Å². The van der Waals surface area contributed by atoms with Crippen molar-refractivity contribution in [1.29, 1.82) is 0 Å². The third-order valence-corrected chi connectivity index (χ3v) is 4.64. The molecule has 1 aromatic heterocycles. The van der Waals surface area contributed by atoms with Crippen LogP contribution < -0.4 is 10.3 Å². The first-order valence-electron chi connectivity index (χ1n) is 5.87. The van der Waals surface area contributed by atoms with Gasteiger partial charge in [-0.25, -0.2) is 8.42 Å². The maximum absolute atomic E-state index is 12.8. The molecule has 0 aliphatic rings.